The molecule has 0 aliphatic carbocycles. The van der Waals surface area contributed by atoms with Crippen LogP contribution in [-0.2, 0) is 6.42 Å². The van der Waals surface area contributed by atoms with Gasteiger partial charge in [-0.1, -0.05) is 0 Å². The number of aromatic nitrogens is 1. The second-order valence-corrected chi connectivity index (χ2v) is 2.50. The summed E-state index contributed by atoms with van der Waals surface area (Å²) in [5.41, 5.74) is -2.49. The highest BCUT2D eigenvalue weighted by Gasteiger charge is 2.17. The van der Waals surface area contributed by atoms with E-state index in [0.717, 1.165) is 0 Å². The molecule has 1 rings (SSSR count). The fraction of sp³-hybridized carbons (Fsp3) is 0.250. The van der Waals surface area contributed by atoms with Gasteiger partial charge in [-0.15, -0.1) is 0 Å². The summed E-state index contributed by atoms with van der Waals surface area (Å²) in [6.45, 7) is 0. The highest BCUT2D eigenvalue weighted by atomic mass is 19.3. The van der Waals surface area contributed by atoms with Gasteiger partial charge in [0, 0.05) is 6.20 Å². The van der Waals surface area contributed by atoms with E-state index in [4.69, 9.17) is 5.26 Å². The summed E-state index contributed by atoms with van der Waals surface area (Å²) < 4.78 is 37.1. The molecule has 0 bridgehead atoms. The first-order valence-corrected chi connectivity index (χ1v) is 3.63. The van der Waals surface area contributed by atoms with E-state index >= 15 is 0 Å². The van der Waals surface area contributed by atoms with Crippen LogP contribution in [0.3, 0.4) is 0 Å². The third kappa shape index (κ3) is 1.76. The Bertz CT molecular complexity index is 433. The van der Waals surface area contributed by atoms with E-state index in [2.05, 4.69) is 0 Å². The second kappa shape index (κ2) is 3.96. The van der Waals surface area contributed by atoms with Gasteiger partial charge in [0.1, 0.15) is 0 Å². The van der Waals surface area contributed by atoms with Gasteiger partial charge >= 0.3 is 0 Å². The smallest absolute Gasteiger partial charge is 0.269 e. The Kier molecular flexibility index (Phi) is 2.92. The Morgan fingerprint density at radius 1 is 1.57 bits per heavy atom. The Morgan fingerprint density at radius 3 is 2.71 bits per heavy atom. The lowest BCUT2D eigenvalue weighted by Crippen LogP contribution is -2.17. The number of nitriles is 1. The predicted molar refractivity (Wildman–Crippen MR) is 41.3 cm³/mol. The molecule has 1 aromatic rings. The van der Waals surface area contributed by atoms with Crippen molar-refractivity contribution in [3.05, 3.63) is 33.5 Å². The summed E-state index contributed by atoms with van der Waals surface area (Å²) in [7, 11) is 0. The van der Waals surface area contributed by atoms with Crippen LogP contribution in [0.25, 0.3) is 0 Å². The molecule has 0 spiro atoms. The number of pyridine rings is 1. The van der Waals surface area contributed by atoms with Crippen LogP contribution >= 0.6 is 0 Å². The fourth-order valence-electron chi connectivity index (χ4n) is 0.967. The number of aromatic amines is 1. The molecule has 0 saturated carbocycles. The molecule has 0 unspecified atom stereocenters. The molecule has 0 aromatic carbocycles. The lowest BCUT2D eigenvalue weighted by Gasteiger charge is -2.01. The van der Waals surface area contributed by atoms with E-state index in [1.807, 2.05) is 4.98 Å². The number of halogens is 3. The zero-order valence-electron chi connectivity index (χ0n) is 6.85. The van der Waals surface area contributed by atoms with Gasteiger partial charge in [-0.25, -0.2) is 8.78 Å². The number of hydrogen-bond acceptors (Lipinski definition) is 2. The van der Waals surface area contributed by atoms with Crippen LogP contribution in [0.1, 0.15) is 17.6 Å². The van der Waals surface area contributed by atoms with E-state index in [1.54, 1.807) is 0 Å². The van der Waals surface area contributed by atoms with Crippen LogP contribution in [-0.4, -0.2) is 4.98 Å². The Hall–Kier alpha value is -1.77. The van der Waals surface area contributed by atoms with Crippen molar-refractivity contribution < 1.29 is 13.2 Å². The summed E-state index contributed by atoms with van der Waals surface area (Å²) in [5.74, 6) is -1.04. The largest absolute Gasteiger partial charge is 0.338 e. The van der Waals surface area contributed by atoms with Crippen LogP contribution < -0.4 is 5.43 Å². The fourth-order valence-corrected chi connectivity index (χ4v) is 0.967. The van der Waals surface area contributed by atoms with Crippen molar-refractivity contribution in [1.29, 1.82) is 5.26 Å². The molecule has 74 valence electrons. The van der Waals surface area contributed by atoms with Gasteiger partial charge < -0.3 is 4.98 Å². The third-order valence-corrected chi connectivity index (χ3v) is 1.65. The van der Waals surface area contributed by atoms with E-state index in [9.17, 15) is 18.0 Å². The Morgan fingerprint density at radius 2 is 2.21 bits per heavy atom. The first kappa shape index (κ1) is 10.3. The van der Waals surface area contributed by atoms with Gasteiger partial charge in [-0.3, -0.25) is 4.79 Å². The molecular formula is C8H5F3N2O. The maximum atomic E-state index is 12.8. The number of H-pyrrole nitrogens is 1. The molecule has 3 nitrogen and oxygen atoms in total. The van der Waals surface area contributed by atoms with Crippen molar-refractivity contribution in [3.63, 3.8) is 0 Å². The monoisotopic (exact) mass is 202 g/mol. The normalized spacial score (nSPS) is 10.2. The van der Waals surface area contributed by atoms with Gasteiger partial charge in [-0.05, 0) is 0 Å². The van der Waals surface area contributed by atoms with E-state index in [1.165, 1.54) is 6.07 Å². The van der Waals surface area contributed by atoms with Crippen LogP contribution in [0.5, 0.6) is 0 Å². The maximum absolute atomic E-state index is 12.8. The van der Waals surface area contributed by atoms with E-state index in [-0.39, 0.29) is 0 Å². The van der Waals surface area contributed by atoms with E-state index < -0.39 is 35.3 Å². The van der Waals surface area contributed by atoms with Gasteiger partial charge in [0.05, 0.1) is 23.6 Å². The molecule has 0 saturated heterocycles. The average Bonchev–Trinajstić information content (AvgIpc) is 2.11. The SMILES string of the molecule is N#CCc1c(F)[nH]cc(C(F)F)c1=O. The quantitative estimate of drug-likeness (QED) is 0.739. The summed E-state index contributed by atoms with van der Waals surface area (Å²) in [6, 6.07) is 1.53. The van der Waals surface area contributed by atoms with Gasteiger partial charge in [0.2, 0.25) is 0 Å². The van der Waals surface area contributed by atoms with Gasteiger partial charge in [-0.2, -0.15) is 9.65 Å². The minimum atomic E-state index is -2.98. The van der Waals surface area contributed by atoms with Gasteiger partial charge in [0.25, 0.3) is 6.43 Å². The highest BCUT2D eigenvalue weighted by molar-refractivity contribution is 5.23. The zero-order valence-corrected chi connectivity index (χ0v) is 6.85. The van der Waals surface area contributed by atoms with Crippen LogP contribution in [0.2, 0.25) is 0 Å². The number of hydrogen-bond donors (Lipinski definition) is 1. The maximum Gasteiger partial charge on any atom is 0.269 e. The van der Waals surface area contributed by atoms with Crippen LogP contribution in [0.4, 0.5) is 13.2 Å². The van der Waals surface area contributed by atoms with Crippen molar-refractivity contribution >= 4 is 0 Å². The standard InChI is InChI=1S/C8H5F3N2O/c9-7(10)5-3-13-8(11)4(1-2-12)6(5)14/h3,7H,1H2,(H,13,14). The van der Waals surface area contributed by atoms with Crippen LogP contribution in [0.15, 0.2) is 11.0 Å². The lowest BCUT2D eigenvalue weighted by atomic mass is 10.1. The summed E-state index contributed by atoms with van der Waals surface area (Å²) in [5, 5.41) is 8.24. The number of rotatable bonds is 2. The molecule has 0 aliphatic rings. The molecule has 14 heavy (non-hydrogen) atoms. The molecule has 6 heteroatoms. The topological polar surface area (TPSA) is 56.6 Å². The van der Waals surface area contributed by atoms with Crippen molar-refractivity contribution in [1.82, 2.24) is 4.98 Å². The van der Waals surface area contributed by atoms with Crippen molar-refractivity contribution in [3.8, 4) is 6.07 Å². The van der Waals surface area contributed by atoms with Crippen molar-refractivity contribution in [2.24, 2.45) is 0 Å². The third-order valence-electron chi connectivity index (χ3n) is 1.65. The van der Waals surface area contributed by atoms with Crippen molar-refractivity contribution in [2.75, 3.05) is 0 Å². The van der Waals surface area contributed by atoms with Crippen LogP contribution in [0, 0.1) is 17.3 Å². The summed E-state index contributed by atoms with van der Waals surface area (Å²) in [6.07, 6.45) is -2.89. The number of nitrogens with one attached hydrogen (secondary N) is 1. The first-order valence-electron chi connectivity index (χ1n) is 3.63. The average molecular weight is 202 g/mol. The second-order valence-electron chi connectivity index (χ2n) is 2.50. The number of nitrogens with zero attached hydrogens (tertiary/aromatic N) is 1. The molecule has 1 N–H and O–H groups in total. The Balaban J connectivity index is 3.36. The molecule has 1 aromatic heterocycles. The highest BCUT2D eigenvalue weighted by Crippen LogP contribution is 2.14. The minimum absolute atomic E-state index is 0.526. The van der Waals surface area contributed by atoms with E-state index in [0.29, 0.717) is 6.20 Å². The predicted octanol–water partition coefficient (Wildman–Crippen LogP) is 1.52. The summed E-state index contributed by atoms with van der Waals surface area (Å²) >= 11 is 0. The summed E-state index contributed by atoms with van der Waals surface area (Å²) in [4.78, 5) is 13.0. The lowest BCUT2D eigenvalue weighted by molar-refractivity contribution is 0.149. The molecule has 0 radical (unpaired) electrons. The molecule has 0 amide bonds. The molecule has 1 heterocycles. The Labute approximate surface area is 76.8 Å². The number of alkyl halides is 2. The molecular weight excluding hydrogens is 197 g/mol. The van der Waals surface area contributed by atoms with Gasteiger partial charge in [0.15, 0.2) is 11.4 Å². The van der Waals surface area contributed by atoms with Crippen molar-refractivity contribution in [2.45, 2.75) is 12.8 Å². The molecule has 0 fully saturated rings. The molecule has 0 atom stereocenters. The molecule has 0 aliphatic heterocycles. The first-order chi connectivity index (χ1) is 6.57. The minimum Gasteiger partial charge on any atom is -0.338 e. The zero-order chi connectivity index (χ0) is 10.7.